The number of benzene rings is 1. The van der Waals surface area contributed by atoms with Crippen molar-refractivity contribution in [2.45, 2.75) is 30.7 Å². The lowest BCUT2D eigenvalue weighted by Crippen LogP contribution is -2.58. The van der Waals surface area contributed by atoms with Gasteiger partial charge in [0.2, 0.25) is 6.79 Å². The lowest BCUT2D eigenvalue weighted by Gasteiger charge is -2.47. The molecule has 1 atom stereocenters. The van der Waals surface area contributed by atoms with Gasteiger partial charge in [0.25, 0.3) is 0 Å². The minimum Gasteiger partial charge on any atom is -0.454 e. The number of hydrogen-bond donors (Lipinski definition) is 0. The van der Waals surface area contributed by atoms with E-state index in [1.165, 1.54) is 25.1 Å². The summed E-state index contributed by atoms with van der Waals surface area (Å²) in [5, 5.41) is 0. The molecular formula is C16H21NO3S. The molecule has 1 spiro atoms. The van der Waals surface area contributed by atoms with Gasteiger partial charge in [-0.05, 0) is 31.0 Å². The highest BCUT2D eigenvalue weighted by atomic mass is 32.2. The minimum absolute atomic E-state index is 0.348. The molecule has 0 aliphatic carbocycles. The molecule has 2 fully saturated rings. The highest BCUT2D eigenvalue weighted by molar-refractivity contribution is 8.01. The molecule has 2 saturated heterocycles. The minimum atomic E-state index is 0.348. The van der Waals surface area contributed by atoms with Crippen LogP contribution in [0.3, 0.4) is 0 Å². The first-order valence-electron chi connectivity index (χ1n) is 7.63. The number of hydrogen-bond acceptors (Lipinski definition) is 5. The quantitative estimate of drug-likeness (QED) is 0.853. The summed E-state index contributed by atoms with van der Waals surface area (Å²) in [5.41, 5.74) is 1.30. The van der Waals surface area contributed by atoms with Gasteiger partial charge >= 0.3 is 0 Å². The molecule has 0 N–H and O–H groups in total. The first kappa shape index (κ1) is 13.7. The van der Waals surface area contributed by atoms with Crippen molar-refractivity contribution in [3.05, 3.63) is 23.8 Å². The fourth-order valence-electron chi connectivity index (χ4n) is 3.54. The number of thioether (sulfide) groups is 1. The van der Waals surface area contributed by atoms with Crippen molar-refractivity contribution < 1.29 is 14.2 Å². The van der Waals surface area contributed by atoms with Crippen molar-refractivity contribution >= 4 is 11.8 Å². The third kappa shape index (κ3) is 2.62. The first-order chi connectivity index (χ1) is 10.3. The Morgan fingerprint density at radius 2 is 2.19 bits per heavy atom. The molecule has 0 aromatic heterocycles. The van der Waals surface area contributed by atoms with Gasteiger partial charge in [-0.25, -0.2) is 0 Å². The smallest absolute Gasteiger partial charge is 0.231 e. The number of ether oxygens (including phenoxy) is 3. The van der Waals surface area contributed by atoms with Crippen LogP contribution in [0.25, 0.3) is 0 Å². The molecule has 21 heavy (non-hydrogen) atoms. The molecule has 0 radical (unpaired) electrons. The molecule has 1 aromatic carbocycles. The van der Waals surface area contributed by atoms with Crippen molar-refractivity contribution in [2.24, 2.45) is 0 Å². The Balaban J connectivity index is 1.32. The first-order valence-corrected chi connectivity index (χ1v) is 8.61. The van der Waals surface area contributed by atoms with Crippen molar-refractivity contribution in [1.29, 1.82) is 0 Å². The van der Waals surface area contributed by atoms with E-state index in [1.807, 2.05) is 6.07 Å². The van der Waals surface area contributed by atoms with Gasteiger partial charge < -0.3 is 14.2 Å². The molecule has 3 aliphatic rings. The van der Waals surface area contributed by atoms with Gasteiger partial charge in [-0.2, -0.15) is 0 Å². The van der Waals surface area contributed by atoms with E-state index in [2.05, 4.69) is 35.7 Å². The Bertz CT molecular complexity index is 530. The Labute approximate surface area is 129 Å². The maximum atomic E-state index is 5.77. The normalized spacial score (nSPS) is 26.2. The standard InChI is InChI=1S/C16H21NO3S/c1-2-18-13-6-16(21-8-13)9-17(10-16)7-12-3-4-14-15(5-12)20-11-19-14/h3-5,13H,2,6-11H2,1H3. The second-order valence-corrected chi connectivity index (χ2v) is 7.60. The molecule has 0 bridgehead atoms. The SMILES string of the molecule is CCOC1CSC2(C1)CN(Cc1ccc3c(c1)OCO3)C2. The summed E-state index contributed by atoms with van der Waals surface area (Å²) >= 11 is 2.10. The Kier molecular flexibility index (Phi) is 3.52. The van der Waals surface area contributed by atoms with Gasteiger partial charge in [0.05, 0.1) is 6.10 Å². The van der Waals surface area contributed by atoms with E-state index in [-0.39, 0.29) is 0 Å². The number of rotatable bonds is 4. The molecule has 3 heterocycles. The predicted octanol–water partition coefficient (Wildman–Crippen LogP) is 2.51. The highest BCUT2D eigenvalue weighted by Crippen LogP contribution is 2.46. The zero-order valence-corrected chi connectivity index (χ0v) is 13.2. The van der Waals surface area contributed by atoms with Crippen LogP contribution in [0.1, 0.15) is 18.9 Å². The second kappa shape index (κ2) is 5.38. The van der Waals surface area contributed by atoms with Crippen LogP contribution >= 0.6 is 11.8 Å². The summed E-state index contributed by atoms with van der Waals surface area (Å²) in [6, 6.07) is 6.27. The lowest BCUT2D eigenvalue weighted by atomic mass is 9.92. The molecule has 5 heteroatoms. The highest BCUT2D eigenvalue weighted by Gasteiger charge is 2.49. The van der Waals surface area contributed by atoms with Crippen LogP contribution in [0.2, 0.25) is 0 Å². The van der Waals surface area contributed by atoms with Gasteiger partial charge in [0.1, 0.15) is 0 Å². The van der Waals surface area contributed by atoms with Crippen molar-refractivity contribution in [1.82, 2.24) is 4.90 Å². The third-order valence-corrected chi connectivity index (χ3v) is 6.02. The maximum Gasteiger partial charge on any atom is 0.231 e. The van der Waals surface area contributed by atoms with Crippen molar-refractivity contribution in [3.8, 4) is 11.5 Å². The van der Waals surface area contributed by atoms with E-state index >= 15 is 0 Å². The van der Waals surface area contributed by atoms with Crippen LogP contribution < -0.4 is 9.47 Å². The van der Waals surface area contributed by atoms with Crippen molar-refractivity contribution in [3.63, 3.8) is 0 Å². The van der Waals surface area contributed by atoms with Crippen LogP contribution in [0.15, 0.2) is 18.2 Å². The fourth-order valence-corrected chi connectivity index (χ4v) is 5.15. The van der Waals surface area contributed by atoms with Crippen molar-refractivity contribution in [2.75, 3.05) is 32.2 Å². The fraction of sp³-hybridized carbons (Fsp3) is 0.625. The van der Waals surface area contributed by atoms with Gasteiger partial charge in [-0.15, -0.1) is 11.8 Å². The molecule has 0 amide bonds. The third-order valence-electron chi connectivity index (χ3n) is 4.44. The molecule has 3 aliphatic heterocycles. The maximum absolute atomic E-state index is 5.77. The average molecular weight is 307 g/mol. The Morgan fingerprint density at radius 3 is 3.05 bits per heavy atom. The number of nitrogens with zero attached hydrogens (tertiary/aromatic N) is 1. The molecule has 1 unspecified atom stereocenters. The summed E-state index contributed by atoms with van der Waals surface area (Å²) in [7, 11) is 0. The Morgan fingerprint density at radius 1 is 1.33 bits per heavy atom. The van der Waals surface area contributed by atoms with E-state index in [0.29, 0.717) is 17.6 Å². The lowest BCUT2D eigenvalue weighted by molar-refractivity contribution is 0.0417. The van der Waals surface area contributed by atoms with Gasteiger partial charge in [-0.1, -0.05) is 6.07 Å². The van der Waals surface area contributed by atoms with Crippen LogP contribution in [0.5, 0.6) is 11.5 Å². The predicted molar refractivity (Wildman–Crippen MR) is 83.1 cm³/mol. The summed E-state index contributed by atoms with van der Waals surface area (Å²) in [4.78, 5) is 2.51. The molecule has 0 saturated carbocycles. The van der Waals surface area contributed by atoms with Crippen LogP contribution in [-0.4, -0.2) is 48.0 Å². The monoisotopic (exact) mass is 307 g/mol. The molecule has 1 aromatic rings. The van der Waals surface area contributed by atoms with Crippen LogP contribution in [0.4, 0.5) is 0 Å². The molecule has 4 rings (SSSR count). The van der Waals surface area contributed by atoms with Gasteiger partial charge in [0.15, 0.2) is 11.5 Å². The average Bonchev–Trinajstić information content (AvgIpc) is 3.05. The van der Waals surface area contributed by atoms with Crippen LogP contribution in [0, 0.1) is 0 Å². The zero-order valence-electron chi connectivity index (χ0n) is 12.3. The van der Waals surface area contributed by atoms with E-state index in [1.54, 1.807) is 0 Å². The number of likely N-dealkylation sites (tertiary alicyclic amines) is 1. The molecular weight excluding hydrogens is 286 g/mol. The molecule has 114 valence electrons. The molecule has 4 nitrogen and oxygen atoms in total. The number of fused-ring (bicyclic) bond motifs is 1. The summed E-state index contributed by atoms with van der Waals surface area (Å²) < 4.78 is 17.0. The zero-order chi connectivity index (χ0) is 14.3. The van der Waals surface area contributed by atoms with Gasteiger partial charge in [0, 0.05) is 36.7 Å². The Hall–Kier alpha value is -0.910. The van der Waals surface area contributed by atoms with E-state index in [4.69, 9.17) is 14.2 Å². The second-order valence-electron chi connectivity index (χ2n) is 6.11. The summed E-state index contributed by atoms with van der Waals surface area (Å²) in [5.74, 6) is 2.91. The van der Waals surface area contributed by atoms with Crippen LogP contribution in [-0.2, 0) is 11.3 Å². The summed E-state index contributed by atoms with van der Waals surface area (Å²) in [6.45, 7) is 6.62. The van der Waals surface area contributed by atoms with E-state index in [9.17, 15) is 0 Å². The van der Waals surface area contributed by atoms with E-state index in [0.717, 1.165) is 30.4 Å². The summed E-state index contributed by atoms with van der Waals surface area (Å²) in [6.07, 6.45) is 1.68. The van der Waals surface area contributed by atoms with E-state index < -0.39 is 0 Å². The van der Waals surface area contributed by atoms with Gasteiger partial charge in [-0.3, -0.25) is 4.90 Å². The topological polar surface area (TPSA) is 30.9 Å². The largest absolute Gasteiger partial charge is 0.454 e.